The van der Waals surface area contributed by atoms with Gasteiger partial charge in [0.1, 0.15) is 5.75 Å². The van der Waals surface area contributed by atoms with Gasteiger partial charge in [-0.05, 0) is 49.2 Å². The van der Waals surface area contributed by atoms with Crippen molar-refractivity contribution >= 4 is 38.7 Å². The molecule has 0 radical (unpaired) electrons. The quantitative estimate of drug-likeness (QED) is 0.423. The molecule has 0 saturated carbocycles. The van der Waals surface area contributed by atoms with E-state index in [1.807, 2.05) is 0 Å². The minimum atomic E-state index is -3.62. The highest BCUT2D eigenvalue weighted by molar-refractivity contribution is 7.89. The van der Waals surface area contributed by atoms with Crippen LogP contribution in [0.3, 0.4) is 0 Å². The first-order chi connectivity index (χ1) is 14.3. The predicted octanol–water partition coefficient (Wildman–Crippen LogP) is 3.03. The van der Waals surface area contributed by atoms with Crippen LogP contribution in [-0.4, -0.2) is 36.3 Å². The Morgan fingerprint density at radius 3 is 2.50 bits per heavy atom. The molecule has 1 aromatic heterocycles. The monoisotopic (exact) mass is 450 g/mol. The van der Waals surface area contributed by atoms with Crippen LogP contribution in [-0.2, 0) is 21.4 Å². The Kier molecular flexibility index (Phi) is 5.68. The highest BCUT2D eigenvalue weighted by atomic mass is 35.5. The fourth-order valence-corrected chi connectivity index (χ4v) is 5.04. The zero-order valence-electron chi connectivity index (χ0n) is 15.9. The maximum atomic E-state index is 12.7. The molecule has 0 N–H and O–H groups in total. The summed E-state index contributed by atoms with van der Waals surface area (Å²) in [5.74, 6) is -0.836. The van der Waals surface area contributed by atoms with Gasteiger partial charge in [-0.3, -0.25) is 9.36 Å². The van der Waals surface area contributed by atoms with Gasteiger partial charge in [-0.2, -0.15) is 4.31 Å². The van der Waals surface area contributed by atoms with Crippen molar-refractivity contribution in [3.63, 3.8) is 0 Å². The number of carbonyl (C=O) groups is 1. The summed E-state index contributed by atoms with van der Waals surface area (Å²) in [6.07, 6.45) is 1.60. The number of sulfonamides is 1. The van der Waals surface area contributed by atoms with Gasteiger partial charge in [-0.1, -0.05) is 11.6 Å². The molecule has 0 atom stereocenters. The lowest BCUT2D eigenvalue weighted by atomic mass is 10.3. The molecule has 1 aliphatic rings. The summed E-state index contributed by atoms with van der Waals surface area (Å²) in [7, 11) is -3.62. The Bertz CT molecular complexity index is 1240. The molecule has 0 aliphatic carbocycles. The number of esters is 1. The molecule has 158 valence electrons. The lowest BCUT2D eigenvalue weighted by Gasteiger charge is -2.15. The predicted molar refractivity (Wildman–Crippen MR) is 110 cm³/mol. The Morgan fingerprint density at radius 1 is 1.10 bits per heavy atom. The third-order valence-electron chi connectivity index (χ3n) is 4.93. The Hall–Kier alpha value is -2.62. The van der Waals surface area contributed by atoms with Gasteiger partial charge >= 0.3 is 11.7 Å². The minimum Gasteiger partial charge on any atom is -0.426 e. The lowest BCUT2D eigenvalue weighted by molar-refractivity contribution is -0.134. The zero-order chi connectivity index (χ0) is 21.3. The summed E-state index contributed by atoms with van der Waals surface area (Å²) in [5, 5.41) is 0.525. The Morgan fingerprint density at radius 2 is 1.80 bits per heavy atom. The second-order valence-electron chi connectivity index (χ2n) is 6.94. The number of ether oxygens (including phenoxy) is 1. The Labute approximate surface area is 177 Å². The summed E-state index contributed by atoms with van der Waals surface area (Å²) >= 11 is 5.80. The number of hydrogen-bond donors (Lipinski definition) is 0. The molecule has 1 saturated heterocycles. The molecule has 0 bridgehead atoms. The van der Waals surface area contributed by atoms with E-state index in [4.69, 9.17) is 20.8 Å². The molecule has 8 nitrogen and oxygen atoms in total. The van der Waals surface area contributed by atoms with E-state index >= 15 is 0 Å². The molecule has 3 aromatic rings. The molecule has 4 rings (SSSR count). The van der Waals surface area contributed by atoms with Gasteiger partial charge in [0.2, 0.25) is 10.0 Å². The van der Waals surface area contributed by atoms with Crippen LogP contribution in [0.2, 0.25) is 5.02 Å². The smallest absolute Gasteiger partial charge is 0.419 e. The number of nitrogens with zero attached hydrogens (tertiary/aromatic N) is 2. The third kappa shape index (κ3) is 4.14. The standard InChI is InChI=1S/C20H19ClN2O6S/c21-14-3-5-15(6-4-14)28-19(24)9-12-23-17-8-7-16(13-18(17)29-20(23)25)30(26,27)22-10-1-2-11-22/h3-8,13H,1-2,9-12H2. The summed E-state index contributed by atoms with van der Waals surface area (Å²) in [6.45, 7) is 1.01. The molecular formula is C20H19ClN2O6S. The van der Waals surface area contributed by atoms with Gasteiger partial charge in [0.25, 0.3) is 0 Å². The van der Waals surface area contributed by atoms with Crippen LogP contribution < -0.4 is 10.5 Å². The number of hydrogen-bond acceptors (Lipinski definition) is 6. The van der Waals surface area contributed by atoms with Gasteiger partial charge < -0.3 is 9.15 Å². The fourth-order valence-electron chi connectivity index (χ4n) is 3.38. The number of carbonyl (C=O) groups excluding carboxylic acids is 1. The maximum Gasteiger partial charge on any atom is 0.419 e. The third-order valence-corrected chi connectivity index (χ3v) is 7.07. The number of aromatic nitrogens is 1. The van der Waals surface area contributed by atoms with Gasteiger partial charge in [0, 0.05) is 30.7 Å². The molecule has 1 fully saturated rings. The topological polar surface area (TPSA) is 98.8 Å². The van der Waals surface area contributed by atoms with Crippen molar-refractivity contribution < 1.29 is 22.4 Å². The fraction of sp³-hybridized carbons (Fsp3) is 0.300. The van der Waals surface area contributed by atoms with Crippen LogP contribution in [0.5, 0.6) is 5.75 Å². The van der Waals surface area contributed by atoms with Crippen LogP contribution in [0.15, 0.2) is 56.6 Å². The minimum absolute atomic E-state index is 0.0382. The second-order valence-corrected chi connectivity index (χ2v) is 9.31. The van der Waals surface area contributed by atoms with Gasteiger partial charge in [-0.25, -0.2) is 13.2 Å². The largest absolute Gasteiger partial charge is 0.426 e. The van der Waals surface area contributed by atoms with E-state index in [-0.39, 0.29) is 23.4 Å². The van der Waals surface area contributed by atoms with Gasteiger partial charge in [0.15, 0.2) is 5.58 Å². The zero-order valence-corrected chi connectivity index (χ0v) is 17.5. The molecule has 0 unspecified atom stereocenters. The molecular weight excluding hydrogens is 432 g/mol. The molecule has 2 aromatic carbocycles. The van der Waals surface area contributed by atoms with Crippen LogP contribution in [0, 0.1) is 0 Å². The van der Waals surface area contributed by atoms with Crippen molar-refractivity contribution in [2.24, 2.45) is 0 Å². The number of aryl methyl sites for hydroxylation is 1. The van der Waals surface area contributed by atoms with E-state index in [9.17, 15) is 18.0 Å². The maximum absolute atomic E-state index is 12.7. The van der Waals surface area contributed by atoms with Crippen LogP contribution in [0.4, 0.5) is 0 Å². The van der Waals surface area contributed by atoms with Crippen molar-refractivity contribution in [1.82, 2.24) is 8.87 Å². The molecule has 1 aliphatic heterocycles. The van der Waals surface area contributed by atoms with Crippen molar-refractivity contribution in [3.8, 4) is 5.75 Å². The van der Waals surface area contributed by atoms with Crippen molar-refractivity contribution in [2.75, 3.05) is 13.1 Å². The molecule has 30 heavy (non-hydrogen) atoms. The first kappa shape index (κ1) is 20.6. The van der Waals surface area contributed by atoms with Crippen LogP contribution in [0.1, 0.15) is 19.3 Å². The highest BCUT2D eigenvalue weighted by Gasteiger charge is 2.28. The van der Waals surface area contributed by atoms with E-state index < -0.39 is 21.7 Å². The van der Waals surface area contributed by atoms with E-state index in [1.165, 1.54) is 27.1 Å². The number of oxazole rings is 1. The van der Waals surface area contributed by atoms with Crippen LogP contribution in [0.25, 0.3) is 11.1 Å². The normalized spacial score (nSPS) is 15.0. The molecule has 0 spiro atoms. The van der Waals surface area contributed by atoms with E-state index in [2.05, 4.69) is 0 Å². The lowest BCUT2D eigenvalue weighted by Crippen LogP contribution is -2.27. The SMILES string of the molecule is O=C(CCn1c(=O)oc2cc(S(=O)(=O)N3CCCC3)ccc21)Oc1ccc(Cl)cc1. The summed E-state index contributed by atoms with van der Waals surface area (Å²) in [5.41, 5.74) is 0.575. The summed E-state index contributed by atoms with van der Waals surface area (Å²) in [6, 6.07) is 10.7. The van der Waals surface area contributed by atoms with Crippen LogP contribution >= 0.6 is 11.6 Å². The van der Waals surface area contributed by atoms with Gasteiger partial charge in [-0.15, -0.1) is 0 Å². The number of rotatable bonds is 6. The summed E-state index contributed by atoms with van der Waals surface area (Å²) in [4.78, 5) is 24.4. The first-order valence-electron chi connectivity index (χ1n) is 9.44. The first-order valence-corrected chi connectivity index (χ1v) is 11.3. The molecule has 10 heteroatoms. The average molecular weight is 451 g/mol. The number of halogens is 1. The average Bonchev–Trinajstić information content (AvgIpc) is 3.36. The Balaban J connectivity index is 1.51. The van der Waals surface area contributed by atoms with Crippen molar-refractivity contribution in [3.05, 3.63) is 58.0 Å². The molecule has 2 heterocycles. The van der Waals surface area contributed by atoms with Gasteiger partial charge in [0.05, 0.1) is 16.8 Å². The van der Waals surface area contributed by atoms with Crippen molar-refractivity contribution in [2.45, 2.75) is 30.7 Å². The number of benzene rings is 2. The van der Waals surface area contributed by atoms with E-state index in [0.29, 0.717) is 29.4 Å². The second kappa shape index (κ2) is 8.25. The summed E-state index contributed by atoms with van der Waals surface area (Å²) < 4.78 is 38.6. The van der Waals surface area contributed by atoms with Crippen molar-refractivity contribution in [1.29, 1.82) is 0 Å². The van der Waals surface area contributed by atoms with E-state index in [1.54, 1.807) is 24.3 Å². The number of fused-ring (bicyclic) bond motifs is 1. The van der Waals surface area contributed by atoms with E-state index in [0.717, 1.165) is 12.8 Å². The highest BCUT2D eigenvalue weighted by Crippen LogP contribution is 2.24. The molecule has 0 amide bonds.